The van der Waals surface area contributed by atoms with E-state index in [4.69, 9.17) is 0 Å². The van der Waals surface area contributed by atoms with Crippen LogP contribution in [0.3, 0.4) is 0 Å². The molecule has 2 unspecified atom stereocenters. The van der Waals surface area contributed by atoms with Gasteiger partial charge in [-0.15, -0.1) is 0 Å². The molecule has 1 saturated heterocycles. The highest BCUT2D eigenvalue weighted by atomic mass is 32.2. The largest absolute Gasteiger partial charge is 0.312 e. The van der Waals surface area contributed by atoms with Gasteiger partial charge in [-0.25, -0.2) is 0 Å². The molecule has 0 spiro atoms. The molecule has 1 N–H and O–H groups in total. The first kappa shape index (κ1) is 13.3. The Hall–Kier alpha value is 0.270. The van der Waals surface area contributed by atoms with E-state index in [9.17, 15) is 0 Å². The van der Waals surface area contributed by atoms with Gasteiger partial charge in [-0.3, -0.25) is 0 Å². The van der Waals surface area contributed by atoms with Gasteiger partial charge in [-0.05, 0) is 31.7 Å². The summed E-state index contributed by atoms with van der Waals surface area (Å²) in [5, 5.41) is 4.50. The maximum absolute atomic E-state index is 3.69. The van der Waals surface area contributed by atoms with Gasteiger partial charge in [0.25, 0.3) is 0 Å². The molecule has 0 radical (unpaired) electrons. The van der Waals surface area contributed by atoms with E-state index in [0.717, 1.165) is 17.8 Å². The highest BCUT2D eigenvalue weighted by Gasteiger charge is 2.22. The molecule has 0 saturated carbocycles. The summed E-state index contributed by atoms with van der Waals surface area (Å²) in [4.78, 5) is 2.53. The van der Waals surface area contributed by atoms with Crippen molar-refractivity contribution in [2.45, 2.75) is 44.9 Å². The Kier molecular flexibility index (Phi) is 6.69. The monoisotopic (exact) mass is 230 g/mol. The van der Waals surface area contributed by atoms with Crippen molar-refractivity contribution in [1.29, 1.82) is 0 Å². The molecule has 0 aromatic carbocycles. The second kappa shape index (κ2) is 7.53. The number of thioether (sulfide) groups is 1. The van der Waals surface area contributed by atoms with Crippen LogP contribution < -0.4 is 5.32 Å². The van der Waals surface area contributed by atoms with Crippen molar-refractivity contribution in [3.05, 3.63) is 0 Å². The number of rotatable bonds is 7. The molecule has 0 aromatic rings. The Morgan fingerprint density at radius 2 is 2.13 bits per heavy atom. The minimum absolute atomic E-state index is 0.760. The smallest absolute Gasteiger partial charge is 0.0192 e. The van der Waals surface area contributed by atoms with Crippen molar-refractivity contribution < 1.29 is 0 Å². The lowest BCUT2D eigenvalue weighted by atomic mass is 10.2. The molecule has 0 amide bonds. The summed E-state index contributed by atoms with van der Waals surface area (Å²) < 4.78 is 0. The van der Waals surface area contributed by atoms with Gasteiger partial charge in [-0.1, -0.05) is 20.8 Å². The van der Waals surface area contributed by atoms with Crippen LogP contribution in [0.1, 0.15) is 33.6 Å². The molecule has 15 heavy (non-hydrogen) atoms. The maximum Gasteiger partial charge on any atom is 0.0192 e. The predicted octanol–water partition coefficient (Wildman–Crippen LogP) is 2.20. The van der Waals surface area contributed by atoms with E-state index >= 15 is 0 Å². The lowest BCUT2D eigenvalue weighted by Gasteiger charge is -2.22. The molecule has 90 valence electrons. The fraction of sp³-hybridized carbons (Fsp3) is 1.00. The van der Waals surface area contributed by atoms with Crippen LogP contribution in [-0.4, -0.2) is 48.1 Å². The van der Waals surface area contributed by atoms with Crippen LogP contribution in [0, 0.1) is 0 Å². The third-order valence-electron chi connectivity index (χ3n) is 3.20. The fourth-order valence-electron chi connectivity index (χ4n) is 2.15. The summed E-state index contributed by atoms with van der Waals surface area (Å²) in [6.45, 7) is 11.6. The molecule has 1 aliphatic rings. The van der Waals surface area contributed by atoms with Crippen LogP contribution in [0.5, 0.6) is 0 Å². The maximum atomic E-state index is 3.69. The zero-order chi connectivity index (χ0) is 11.1. The summed E-state index contributed by atoms with van der Waals surface area (Å²) >= 11 is 2.10. The van der Waals surface area contributed by atoms with Gasteiger partial charge in [0.2, 0.25) is 0 Å². The Morgan fingerprint density at radius 1 is 1.33 bits per heavy atom. The van der Waals surface area contributed by atoms with Gasteiger partial charge in [0, 0.05) is 24.4 Å². The third kappa shape index (κ3) is 4.75. The minimum Gasteiger partial charge on any atom is -0.312 e. The van der Waals surface area contributed by atoms with Crippen LogP contribution in [-0.2, 0) is 0 Å². The molecule has 1 heterocycles. The summed E-state index contributed by atoms with van der Waals surface area (Å²) in [7, 11) is 0. The van der Waals surface area contributed by atoms with Gasteiger partial charge < -0.3 is 10.2 Å². The molecular weight excluding hydrogens is 204 g/mol. The van der Waals surface area contributed by atoms with E-state index in [0.29, 0.717) is 0 Å². The lowest BCUT2D eigenvalue weighted by Crippen LogP contribution is -2.39. The number of likely N-dealkylation sites (N-methyl/N-ethyl adjacent to an activating group) is 1. The molecule has 1 fully saturated rings. The van der Waals surface area contributed by atoms with Crippen molar-refractivity contribution in [3.8, 4) is 0 Å². The predicted molar refractivity (Wildman–Crippen MR) is 70.7 cm³/mol. The van der Waals surface area contributed by atoms with Crippen molar-refractivity contribution in [2.75, 3.05) is 31.9 Å². The van der Waals surface area contributed by atoms with Gasteiger partial charge in [0.1, 0.15) is 0 Å². The van der Waals surface area contributed by atoms with Crippen LogP contribution in [0.2, 0.25) is 0 Å². The van der Waals surface area contributed by atoms with Crippen LogP contribution in [0.25, 0.3) is 0 Å². The summed E-state index contributed by atoms with van der Waals surface area (Å²) in [6.07, 6.45) is 2.62. The average Bonchev–Trinajstić information content (AvgIpc) is 2.63. The Labute approximate surface area is 99.2 Å². The number of nitrogens with zero attached hydrogens (tertiary/aromatic N) is 1. The highest BCUT2D eigenvalue weighted by molar-refractivity contribution is 8.00. The number of hydrogen-bond acceptors (Lipinski definition) is 3. The third-order valence-corrected chi connectivity index (χ3v) is 4.52. The Bertz CT molecular complexity index is 164. The number of nitrogens with one attached hydrogen (secondary N) is 1. The van der Waals surface area contributed by atoms with Gasteiger partial charge in [-0.2, -0.15) is 11.8 Å². The first-order chi connectivity index (χ1) is 7.27. The van der Waals surface area contributed by atoms with E-state index in [1.807, 2.05) is 0 Å². The molecule has 1 aliphatic heterocycles. The molecular formula is C12H26N2S. The van der Waals surface area contributed by atoms with Crippen LogP contribution in [0.15, 0.2) is 0 Å². The second-order valence-corrected chi connectivity index (χ2v) is 5.84. The van der Waals surface area contributed by atoms with Gasteiger partial charge in [0.15, 0.2) is 0 Å². The van der Waals surface area contributed by atoms with E-state index in [2.05, 4.69) is 42.7 Å². The van der Waals surface area contributed by atoms with Gasteiger partial charge >= 0.3 is 0 Å². The van der Waals surface area contributed by atoms with Crippen molar-refractivity contribution in [1.82, 2.24) is 10.2 Å². The second-order valence-electron chi connectivity index (χ2n) is 4.36. The fourth-order valence-corrected chi connectivity index (χ4v) is 3.38. The van der Waals surface area contributed by atoms with E-state index in [1.54, 1.807) is 0 Å². The Balaban J connectivity index is 2.08. The quantitative estimate of drug-likeness (QED) is 0.722. The first-order valence-electron chi connectivity index (χ1n) is 6.35. The van der Waals surface area contributed by atoms with Crippen molar-refractivity contribution in [3.63, 3.8) is 0 Å². The lowest BCUT2D eigenvalue weighted by molar-refractivity contribution is 0.282. The SMILES string of the molecule is CCCN(CC)CCNC1CCSC1C. The average molecular weight is 230 g/mol. The zero-order valence-corrected chi connectivity index (χ0v) is 11.3. The molecule has 0 aromatic heterocycles. The standard InChI is InChI=1S/C12H26N2S/c1-4-8-14(5-2)9-7-13-12-6-10-15-11(12)3/h11-13H,4-10H2,1-3H3. The molecule has 0 bridgehead atoms. The molecule has 0 aliphatic carbocycles. The molecule has 2 atom stereocenters. The van der Waals surface area contributed by atoms with Gasteiger partial charge in [0.05, 0.1) is 0 Å². The molecule has 3 heteroatoms. The summed E-state index contributed by atoms with van der Waals surface area (Å²) in [5.41, 5.74) is 0. The highest BCUT2D eigenvalue weighted by Crippen LogP contribution is 2.25. The van der Waals surface area contributed by atoms with Crippen molar-refractivity contribution in [2.24, 2.45) is 0 Å². The molecule has 1 rings (SSSR count). The minimum atomic E-state index is 0.760. The van der Waals surface area contributed by atoms with Crippen LogP contribution in [0.4, 0.5) is 0 Å². The molecule has 2 nitrogen and oxygen atoms in total. The number of hydrogen-bond donors (Lipinski definition) is 1. The Morgan fingerprint density at radius 3 is 2.67 bits per heavy atom. The topological polar surface area (TPSA) is 15.3 Å². The summed E-state index contributed by atoms with van der Waals surface area (Å²) in [5.74, 6) is 1.34. The van der Waals surface area contributed by atoms with Crippen LogP contribution >= 0.6 is 11.8 Å². The van der Waals surface area contributed by atoms with E-state index in [-0.39, 0.29) is 0 Å². The van der Waals surface area contributed by atoms with E-state index in [1.165, 1.54) is 38.2 Å². The normalized spacial score (nSPS) is 26.4. The zero-order valence-electron chi connectivity index (χ0n) is 10.5. The van der Waals surface area contributed by atoms with E-state index < -0.39 is 0 Å². The summed E-state index contributed by atoms with van der Waals surface area (Å²) in [6, 6.07) is 0.760. The first-order valence-corrected chi connectivity index (χ1v) is 7.40. The van der Waals surface area contributed by atoms with Crippen molar-refractivity contribution >= 4 is 11.8 Å².